The average molecular weight is 267 g/mol. The summed E-state index contributed by atoms with van der Waals surface area (Å²) < 4.78 is 13.8. The fourth-order valence-electron chi connectivity index (χ4n) is 1.77. The molecular weight excluding hydrogens is 245 g/mol. The van der Waals surface area contributed by atoms with Gasteiger partial charge in [0.15, 0.2) is 11.6 Å². The molecule has 0 saturated carbocycles. The van der Waals surface area contributed by atoms with Crippen molar-refractivity contribution in [2.45, 2.75) is 33.1 Å². The van der Waals surface area contributed by atoms with Crippen molar-refractivity contribution >= 4 is 11.7 Å². The Morgan fingerprint density at radius 1 is 1.42 bits per heavy atom. The molecule has 0 aromatic carbocycles. The molecule has 0 fully saturated rings. The zero-order chi connectivity index (χ0) is 14.3. The summed E-state index contributed by atoms with van der Waals surface area (Å²) in [5, 5.41) is 5.34. The van der Waals surface area contributed by atoms with Crippen LogP contribution in [0.15, 0.2) is 12.3 Å². The first kappa shape index (κ1) is 15.4. The van der Waals surface area contributed by atoms with Crippen LogP contribution in [0.3, 0.4) is 0 Å². The molecule has 0 saturated heterocycles. The topological polar surface area (TPSA) is 54.0 Å². The van der Waals surface area contributed by atoms with Crippen LogP contribution < -0.4 is 10.6 Å². The van der Waals surface area contributed by atoms with Crippen molar-refractivity contribution in [1.82, 2.24) is 10.3 Å². The van der Waals surface area contributed by atoms with E-state index in [2.05, 4.69) is 29.5 Å². The van der Waals surface area contributed by atoms with Crippen LogP contribution in [-0.4, -0.2) is 24.5 Å². The molecule has 0 radical (unpaired) electrons. The van der Waals surface area contributed by atoms with Crippen molar-refractivity contribution in [3.8, 4) is 0 Å². The molecule has 0 aliphatic heterocycles. The number of anilines is 1. The molecule has 2 N–H and O–H groups in total. The van der Waals surface area contributed by atoms with E-state index in [1.807, 2.05) is 0 Å². The van der Waals surface area contributed by atoms with Gasteiger partial charge in [-0.1, -0.05) is 26.7 Å². The minimum absolute atomic E-state index is 0.0307. The van der Waals surface area contributed by atoms with Gasteiger partial charge in [-0.2, -0.15) is 0 Å². The molecule has 0 bridgehead atoms. The second kappa shape index (κ2) is 7.71. The van der Waals surface area contributed by atoms with Gasteiger partial charge in [-0.05, 0) is 18.4 Å². The number of hydrogen-bond acceptors (Lipinski definition) is 3. The number of nitrogens with one attached hydrogen (secondary N) is 2. The molecule has 106 valence electrons. The third kappa shape index (κ3) is 4.85. The Kier molecular flexibility index (Phi) is 6.25. The minimum atomic E-state index is -0.607. The second-order valence-corrected chi connectivity index (χ2v) is 4.92. The first-order valence-electron chi connectivity index (χ1n) is 6.66. The minimum Gasteiger partial charge on any atom is -0.371 e. The number of unbranched alkanes of at least 4 members (excludes halogenated alkanes) is 1. The molecule has 0 unspecified atom stereocenters. The van der Waals surface area contributed by atoms with E-state index in [4.69, 9.17) is 0 Å². The lowest BCUT2D eigenvalue weighted by Crippen LogP contribution is -2.25. The second-order valence-electron chi connectivity index (χ2n) is 4.92. The number of aromatic nitrogens is 1. The highest BCUT2D eigenvalue weighted by atomic mass is 19.1. The van der Waals surface area contributed by atoms with E-state index in [0.29, 0.717) is 12.5 Å². The van der Waals surface area contributed by atoms with Gasteiger partial charge in [0.25, 0.3) is 5.91 Å². The SMILES string of the molecule is CNc1nccc(C(=O)NCCCCC(C)C)c1F. The number of nitrogens with zero attached hydrogens (tertiary/aromatic N) is 1. The molecular formula is C14H22FN3O. The van der Waals surface area contributed by atoms with Crippen molar-refractivity contribution in [2.75, 3.05) is 18.9 Å². The average Bonchev–Trinajstić information content (AvgIpc) is 2.38. The van der Waals surface area contributed by atoms with Gasteiger partial charge in [0, 0.05) is 19.8 Å². The predicted octanol–water partition coefficient (Wildman–Crippen LogP) is 2.82. The Balaban J connectivity index is 2.46. The van der Waals surface area contributed by atoms with Gasteiger partial charge in [-0.3, -0.25) is 4.79 Å². The maximum absolute atomic E-state index is 13.8. The fraction of sp³-hybridized carbons (Fsp3) is 0.571. The maximum atomic E-state index is 13.8. The lowest BCUT2D eigenvalue weighted by Gasteiger charge is -2.08. The lowest BCUT2D eigenvalue weighted by molar-refractivity contribution is 0.0949. The number of halogens is 1. The Morgan fingerprint density at radius 3 is 2.79 bits per heavy atom. The molecule has 0 spiro atoms. The molecule has 5 heteroatoms. The van der Waals surface area contributed by atoms with E-state index in [1.54, 1.807) is 7.05 Å². The van der Waals surface area contributed by atoms with E-state index in [-0.39, 0.29) is 17.3 Å². The van der Waals surface area contributed by atoms with Crippen molar-refractivity contribution < 1.29 is 9.18 Å². The number of hydrogen-bond donors (Lipinski definition) is 2. The van der Waals surface area contributed by atoms with E-state index in [9.17, 15) is 9.18 Å². The Bertz CT molecular complexity index is 421. The number of carbonyl (C=O) groups is 1. The van der Waals surface area contributed by atoms with Gasteiger partial charge < -0.3 is 10.6 Å². The normalized spacial score (nSPS) is 10.6. The fourth-order valence-corrected chi connectivity index (χ4v) is 1.77. The van der Waals surface area contributed by atoms with Crippen molar-refractivity contribution in [2.24, 2.45) is 5.92 Å². The summed E-state index contributed by atoms with van der Waals surface area (Å²) in [5.74, 6) is -0.232. The predicted molar refractivity (Wildman–Crippen MR) is 74.8 cm³/mol. The summed E-state index contributed by atoms with van der Waals surface area (Å²) in [6, 6.07) is 1.39. The highest BCUT2D eigenvalue weighted by Crippen LogP contribution is 2.14. The third-order valence-corrected chi connectivity index (χ3v) is 2.86. The summed E-state index contributed by atoms with van der Waals surface area (Å²) in [6.07, 6.45) is 4.54. The molecule has 1 aromatic rings. The Morgan fingerprint density at radius 2 is 2.16 bits per heavy atom. The van der Waals surface area contributed by atoms with E-state index in [0.717, 1.165) is 19.3 Å². The molecule has 1 heterocycles. The third-order valence-electron chi connectivity index (χ3n) is 2.86. The van der Waals surface area contributed by atoms with Crippen molar-refractivity contribution in [3.05, 3.63) is 23.6 Å². The van der Waals surface area contributed by atoms with Gasteiger partial charge in [0.1, 0.15) is 0 Å². The maximum Gasteiger partial charge on any atom is 0.254 e. The van der Waals surface area contributed by atoms with Crippen LogP contribution in [0.4, 0.5) is 10.2 Å². The smallest absolute Gasteiger partial charge is 0.254 e. The first-order valence-corrected chi connectivity index (χ1v) is 6.66. The zero-order valence-corrected chi connectivity index (χ0v) is 11.8. The Hall–Kier alpha value is -1.65. The van der Waals surface area contributed by atoms with Crippen LogP contribution in [0, 0.1) is 11.7 Å². The summed E-state index contributed by atoms with van der Waals surface area (Å²) in [4.78, 5) is 15.6. The highest BCUT2D eigenvalue weighted by molar-refractivity contribution is 5.95. The van der Waals surface area contributed by atoms with Crippen LogP contribution in [0.25, 0.3) is 0 Å². The number of pyridine rings is 1. The van der Waals surface area contributed by atoms with Gasteiger partial charge in [-0.25, -0.2) is 9.37 Å². The van der Waals surface area contributed by atoms with Crippen molar-refractivity contribution in [1.29, 1.82) is 0 Å². The van der Waals surface area contributed by atoms with E-state index in [1.165, 1.54) is 12.3 Å². The molecule has 1 amide bonds. The largest absolute Gasteiger partial charge is 0.371 e. The molecule has 1 rings (SSSR count). The molecule has 4 nitrogen and oxygen atoms in total. The molecule has 0 atom stereocenters. The van der Waals surface area contributed by atoms with Gasteiger partial charge in [0.2, 0.25) is 0 Å². The monoisotopic (exact) mass is 267 g/mol. The van der Waals surface area contributed by atoms with Crippen LogP contribution >= 0.6 is 0 Å². The highest BCUT2D eigenvalue weighted by Gasteiger charge is 2.14. The molecule has 0 aliphatic rings. The zero-order valence-electron chi connectivity index (χ0n) is 11.8. The first-order chi connectivity index (χ1) is 9.06. The van der Waals surface area contributed by atoms with Crippen LogP contribution in [0.5, 0.6) is 0 Å². The van der Waals surface area contributed by atoms with Gasteiger partial charge in [0.05, 0.1) is 5.56 Å². The summed E-state index contributed by atoms with van der Waals surface area (Å²) >= 11 is 0. The quantitative estimate of drug-likeness (QED) is 0.747. The number of amides is 1. The summed E-state index contributed by atoms with van der Waals surface area (Å²) in [7, 11) is 1.57. The van der Waals surface area contributed by atoms with Crippen LogP contribution in [-0.2, 0) is 0 Å². The van der Waals surface area contributed by atoms with E-state index >= 15 is 0 Å². The lowest BCUT2D eigenvalue weighted by atomic mass is 10.1. The molecule has 19 heavy (non-hydrogen) atoms. The molecule has 0 aliphatic carbocycles. The van der Waals surface area contributed by atoms with Crippen molar-refractivity contribution in [3.63, 3.8) is 0 Å². The summed E-state index contributed by atoms with van der Waals surface area (Å²) in [6.45, 7) is 4.91. The standard InChI is InChI=1S/C14H22FN3O/c1-10(2)6-4-5-8-18-14(19)11-7-9-17-13(16-3)12(11)15/h7,9-10H,4-6,8H2,1-3H3,(H,16,17)(H,18,19). The molecule has 1 aromatic heterocycles. The van der Waals surface area contributed by atoms with Crippen LogP contribution in [0.1, 0.15) is 43.5 Å². The number of carbonyl (C=O) groups excluding carboxylic acids is 1. The van der Waals surface area contributed by atoms with Crippen LogP contribution in [0.2, 0.25) is 0 Å². The van der Waals surface area contributed by atoms with Gasteiger partial charge in [-0.15, -0.1) is 0 Å². The summed E-state index contributed by atoms with van der Waals surface area (Å²) in [5.41, 5.74) is 0.0307. The Labute approximate surface area is 113 Å². The van der Waals surface area contributed by atoms with E-state index < -0.39 is 5.82 Å². The number of rotatable bonds is 7. The van der Waals surface area contributed by atoms with Gasteiger partial charge >= 0.3 is 0 Å².